The third-order valence-electron chi connectivity index (χ3n) is 2.35. The molecule has 0 aliphatic rings. The van der Waals surface area contributed by atoms with Gasteiger partial charge in [0.2, 0.25) is 11.9 Å². The van der Waals surface area contributed by atoms with Crippen LogP contribution in [0.3, 0.4) is 0 Å². The van der Waals surface area contributed by atoms with Gasteiger partial charge in [-0.25, -0.2) is 10.8 Å². The van der Waals surface area contributed by atoms with E-state index in [1.807, 2.05) is 17.7 Å². The molecular weight excluding hydrogens is 248 g/mol. The van der Waals surface area contributed by atoms with Crippen molar-refractivity contribution in [2.24, 2.45) is 5.84 Å². The van der Waals surface area contributed by atoms with Crippen LogP contribution in [0.1, 0.15) is 6.92 Å². The molecule has 2 rings (SSSR count). The molecular formula is C10H16N8O. The lowest BCUT2D eigenvalue weighted by Crippen LogP contribution is -2.23. The SMILES string of the molecule is COc1nc(NN)nc(NC(C)Cn2ccnc2)n1. The minimum atomic E-state index is 0.104. The molecule has 0 saturated carbocycles. The molecule has 2 heterocycles. The Kier molecular flexibility index (Phi) is 4.08. The zero-order valence-corrected chi connectivity index (χ0v) is 10.7. The van der Waals surface area contributed by atoms with Crippen LogP contribution in [0.5, 0.6) is 6.01 Å². The molecule has 0 fully saturated rings. The summed E-state index contributed by atoms with van der Waals surface area (Å²) in [7, 11) is 1.48. The first-order valence-corrected chi connectivity index (χ1v) is 5.70. The van der Waals surface area contributed by atoms with Gasteiger partial charge in [-0.05, 0) is 6.92 Å². The number of hydrogen-bond acceptors (Lipinski definition) is 8. The number of anilines is 2. The van der Waals surface area contributed by atoms with Gasteiger partial charge in [-0.2, -0.15) is 15.0 Å². The molecule has 0 aromatic carbocycles. The highest BCUT2D eigenvalue weighted by atomic mass is 16.5. The molecule has 2 aromatic rings. The second-order valence-electron chi connectivity index (χ2n) is 3.92. The van der Waals surface area contributed by atoms with Crippen molar-refractivity contribution in [2.45, 2.75) is 19.5 Å². The first kappa shape index (κ1) is 13.0. The molecule has 0 amide bonds. The number of nitrogens with zero attached hydrogens (tertiary/aromatic N) is 5. The van der Waals surface area contributed by atoms with Gasteiger partial charge in [-0.1, -0.05) is 0 Å². The van der Waals surface area contributed by atoms with E-state index in [0.29, 0.717) is 5.95 Å². The molecule has 19 heavy (non-hydrogen) atoms. The fraction of sp³-hybridized carbons (Fsp3) is 0.400. The Morgan fingerprint density at radius 1 is 1.37 bits per heavy atom. The minimum Gasteiger partial charge on any atom is -0.467 e. The molecule has 0 saturated heterocycles. The number of ether oxygens (including phenoxy) is 1. The number of methoxy groups -OCH3 is 1. The molecule has 0 aliphatic carbocycles. The largest absolute Gasteiger partial charge is 0.467 e. The summed E-state index contributed by atoms with van der Waals surface area (Å²) in [6, 6.07) is 0.298. The Bertz CT molecular complexity index is 492. The Balaban J connectivity index is 2.05. The van der Waals surface area contributed by atoms with Crippen LogP contribution in [0.2, 0.25) is 0 Å². The maximum absolute atomic E-state index is 5.28. The minimum absolute atomic E-state index is 0.104. The van der Waals surface area contributed by atoms with Crippen molar-refractivity contribution >= 4 is 11.9 Å². The highest BCUT2D eigenvalue weighted by Crippen LogP contribution is 2.11. The maximum atomic E-state index is 5.28. The van der Waals surface area contributed by atoms with Crippen LogP contribution in [0, 0.1) is 0 Å². The summed E-state index contributed by atoms with van der Waals surface area (Å²) in [5.74, 6) is 5.92. The van der Waals surface area contributed by atoms with E-state index in [0.717, 1.165) is 6.54 Å². The van der Waals surface area contributed by atoms with Gasteiger partial charge in [0.1, 0.15) is 0 Å². The Hall–Kier alpha value is -2.42. The van der Waals surface area contributed by atoms with Crippen molar-refractivity contribution in [3.63, 3.8) is 0 Å². The van der Waals surface area contributed by atoms with E-state index in [1.165, 1.54) is 7.11 Å². The molecule has 4 N–H and O–H groups in total. The zero-order valence-electron chi connectivity index (χ0n) is 10.7. The van der Waals surface area contributed by atoms with Crippen molar-refractivity contribution in [2.75, 3.05) is 17.9 Å². The van der Waals surface area contributed by atoms with E-state index < -0.39 is 0 Å². The maximum Gasteiger partial charge on any atom is 0.322 e. The van der Waals surface area contributed by atoms with Crippen molar-refractivity contribution < 1.29 is 4.74 Å². The molecule has 0 radical (unpaired) electrons. The van der Waals surface area contributed by atoms with Crippen LogP contribution in [0.4, 0.5) is 11.9 Å². The van der Waals surface area contributed by atoms with Crippen molar-refractivity contribution in [1.29, 1.82) is 0 Å². The van der Waals surface area contributed by atoms with Crippen LogP contribution in [0.25, 0.3) is 0 Å². The summed E-state index contributed by atoms with van der Waals surface area (Å²) in [5, 5.41) is 3.14. The molecule has 0 bridgehead atoms. The number of imidazole rings is 1. The molecule has 1 atom stereocenters. The van der Waals surface area contributed by atoms with Gasteiger partial charge in [0.25, 0.3) is 0 Å². The van der Waals surface area contributed by atoms with Crippen LogP contribution in [-0.4, -0.2) is 37.7 Å². The van der Waals surface area contributed by atoms with Gasteiger partial charge in [0.15, 0.2) is 0 Å². The molecule has 9 nitrogen and oxygen atoms in total. The molecule has 9 heteroatoms. The number of nitrogens with one attached hydrogen (secondary N) is 2. The van der Waals surface area contributed by atoms with E-state index in [4.69, 9.17) is 10.6 Å². The predicted molar refractivity (Wildman–Crippen MR) is 69.5 cm³/mol. The number of nitrogens with two attached hydrogens (primary N) is 1. The fourth-order valence-corrected chi connectivity index (χ4v) is 1.55. The monoisotopic (exact) mass is 264 g/mol. The van der Waals surface area contributed by atoms with Crippen LogP contribution < -0.4 is 21.3 Å². The van der Waals surface area contributed by atoms with Gasteiger partial charge in [-0.3, -0.25) is 5.43 Å². The molecule has 1 unspecified atom stereocenters. The van der Waals surface area contributed by atoms with Gasteiger partial charge in [0.05, 0.1) is 13.4 Å². The zero-order chi connectivity index (χ0) is 13.7. The number of aromatic nitrogens is 5. The summed E-state index contributed by atoms with van der Waals surface area (Å²) in [4.78, 5) is 16.1. The van der Waals surface area contributed by atoms with Gasteiger partial charge in [-0.15, -0.1) is 0 Å². The second kappa shape index (κ2) is 5.96. The smallest absolute Gasteiger partial charge is 0.322 e. The molecule has 2 aromatic heterocycles. The number of hydrazine groups is 1. The quantitative estimate of drug-likeness (QED) is 0.488. The third kappa shape index (κ3) is 3.52. The van der Waals surface area contributed by atoms with Crippen molar-refractivity contribution in [3.05, 3.63) is 18.7 Å². The lowest BCUT2D eigenvalue weighted by molar-refractivity contribution is 0.379. The van der Waals surface area contributed by atoms with Crippen LogP contribution in [-0.2, 0) is 6.54 Å². The highest BCUT2D eigenvalue weighted by Gasteiger charge is 2.09. The lowest BCUT2D eigenvalue weighted by Gasteiger charge is -2.14. The normalized spacial score (nSPS) is 11.9. The standard InChI is InChI=1S/C10H16N8O/c1-7(5-18-4-3-12-6-18)13-8-14-9(17-11)16-10(15-8)19-2/h3-4,6-7H,5,11H2,1-2H3,(H2,13,14,15,16,17). The molecule has 0 spiro atoms. The number of nitrogen functional groups attached to an aromatic ring is 1. The van der Waals surface area contributed by atoms with E-state index in [1.54, 1.807) is 12.5 Å². The Morgan fingerprint density at radius 3 is 2.79 bits per heavy atom. The number of rotatable bonds is 6. The first-order valence-electron chi connectivity index (χ1n) is 5.70. The summed E-state index contributed by atoms with van der Waals surface area (Å²) < 4.78 is 6.93. The highest BCUT2D eigenvalue weighted by molar-refractivity contribution is 5.35. The average Bonchev–Trinajstić information content (AvgIpc) is 2.90. The average molecular weight is 264 g/mol. The van der Waals surface area contributed by atoms with E-state index in [-0.39, 0.29) is 18.0 Å². The topological polar surface area (TPSA) is 116 Å². The molecule has 0 aliphatic heterocycles. The number of hydrogen-bond donors (Lipinski definition) is 3. The first-order chi connectivity index (χ1) is 9.21. The summed E-state index contributed by atoms with van der Waals surface area (Å²) >= 11 is 0. The van der Waals surface area contributed by atoms with E-state index >= 15 is 0 Å². The van der Waals surface area contributed by atoms with Gasteiger partial charge >= 0.3 is 6.01 Å². The fourth-order valence-electron chi connectivity index (χ4n) is 1.55. The van der Waals surface area contributed by atoms with Gasteiger partial charge in [0, 0.05) is 25.0 Å². The third-order valence-corrected chi connectivity index (χ3v) is 2.35. The van der Waals surface area contributed by atoms with E-state index in [2.05, 4.69) is 30.7 Å². The van der Waals surface area contributed by atoms with Gasteiger partial charge < -0.3 is 14.6 Å². The van der Waals surface area contributed by atoms with Crippen molar-refractivity contribution in [3.8, 4) is 6.01 Å². The Morgan fingerprint density at radius 2 is 2.16 bits per heavy atom. The molecule has 102 valence electrons. The van der Waals surface area contributed by atoms with Crippen LogP contribution in [0.15, 0.2) is 18.7 Å². The van der Waals surface area contributed by atoms with Crippen molar-refractivity contribution in [1.82, 2.24) is 24.5 Å². The summed E-state index contributed by atoms with van der Waals surface area (Å²) in [5.41, 5.74) is 2.36. The Labute approximate surface area is 110 Å². The summed E-state index contributed by atoms with van der Waals surface area (Å²) in [6.07, 6.45) is 5.37. The second-order valence-corrected chi connectivity index (χ2v) is 3.92. The van der Waals surface area contributed by atoms with Crippen LogP contribution >= 0.6 is 0 Å². The summed E-state index contributed by atoms with van der Waals surface area (Å²) in [6.45, 7) is 2.74. The van der Waals surface area contributed by atoms with E-state index in [9.17, 15) is 0 Å². The lowest BCUT2D eigenvalue weighted by atomic mass is 10.3. The predicted octanol–water partition coefficient (Wildman–Crippen LogP) is -0.137.